The predicted octanol–water partition coefficient (Wildman–Crippen LogP) is 5.08. The van der Waals surface area contributed by atoms with E-state index in [9.17, 15) is 39.5 Å². The summed E-state index contributed by atoms with van der Waals surface area (Å²) >= 11 is -3.37. The van der Waals surface area contributed by atoms with Gasteiger partial charge < -0.3 is 5.48 Å². The maximum atomic E-state index is 12.9. The van der Waals surface area contributed by atoms with Crippen molar-refractivity contribution in [3.8, 4) is 0 Å². The number of benzene rings is 3. The van der Waals surface area contributed by atoms with E-state index >= 15 is 0 Å². The molecule has 0 fully saturated rings. The van der Waals surface area contributed by atoms with Crippen LogP contribution in [0.4, 0.5) is 39.5 Å². The van der Waals surface area contributed by atoms with Crippen LogP contribution in [0.5, 0.6) is 0 Å². The number of hydrogen-bond donors (Lipinski definition) is 0. The molecule has 0 amide bonds. The van der Waals surface area contributed by atoms with Gasteiger partial charge in [-0.05, 0) is 0 Å². The van der Waals surface area contributed by atoms with E-state index in [1.165, 1.54) is 36.4 Å². The Morgan fingerprint density at radius 3 is 0.719 bits per heavy atom. The Morgan fingerprint density at radius 2 is 0.562 bits per heavy atom. The van der Waals surface area contributed by atoms with Crippen molar-refractivity contribution in [3.05, 3.63) is 89.5 Å². The molecule has 0 aliphatic carbocycles. The third-order valence-electron chi connectivity index (χ3n) is 4.50. The van der Waals surface area contributed by atoms with Gasteiger partial charge in [-0.15, -0.1) is 0 Å². The molecule has 11 heteroatoms. The van der Waals surface area contributed by atoms with Gasteiger partial charge in [-0.2, -0.15) is 0 Å². The number of halogens is 9. The summed E-state index contributed by atoms with van der Waals surface area (Å²) in [7, 11) is 0. The molecule has 1 N–H and O–H groups in total. The first-order chi connectivity index (χ1) is 14.3. The van der Waals surface area contributed by atoms with Gasteiger partial charge in [0, 0.05) is 0 Å². The second-order valence-electron chi connectivity index (χ2n) is 6.60. The van der Waals surface area contributed by atoms with Crippen LogP contribution >= 0.6 is 0 Å². The van der Waals surface area contributed by atoms with Gasteiger partial charge in [0.25, 0.3) is 0 Å². The van der Waals surface area contributed by atoms with E-state index in [0.717, 1.165) is 36.4 Å². The molecule has 0 spiro atoms. The summed E-state index contributed by atoms with van der Waals surface area (Å²) in [5.74, 6) is 0. The molecule has 0 saturated carbocycles. The van der Waals surface area contributed by atoms with Gasteiger partial charge in [0.1, 0.15) is 0 Å². The average Bonchev–Trinajstić information content (AvgIpc) is 2.67. The molecule has 0 unspecified atom stereocenters. The molecule has 3 aromatic carbocycles. The summed E-state index contributed by atoms with van der Waals surface area (Å²) in [6.07, 6.45) is -13.7. The summed E-state index contributed by atoms with van der Waals surface area (Å²) in [5, 5.41) is 0. The van der Waals surface area contributed by atoms with Crippen molar-refractivity contribution in [2.75, 3.05) is 0 Å². The molecule has 170 valence electrons. The second-order valence-corrected chi connectivity index (χ2v) is 13.7. The van der Waals surface area contributed by atoms with Crippen LogP contribution < -0.4 is 10.7 Å². The van der Waals surface area contributed by atoms with Gasteiger partial charge in [-0.25, -0.2) is 0 Å². The summed E-state index contributed by atoms with van der Waals surface area (Å²) in [5.41, 5.74) is -2.67. The van der Waals surface area contributed by atoms with E-state index in [2.05, 4.69) is 0 Å². The van der Waals surface area contributed by atoms with Gasteiger partial charge in [-0.3, -0.25) is 0 Å². The Balaban J connectivity index is 0.00000363. The Kier molecular flexibility index (Phi) is 7.60. The molecule has 0 bridgehead atoms. The first-order valence-electron chi connectivity index (χ1n) is 8.66. The molecule has 3 aromatic rings. The Labute approximate surface area is 183 Å². The van der Waals surface area contributed by atoms with Crippen molar-refractivity contribution >= 4 is 30.5 Å². The molecule has 0 atom stereocenters. The van der Waals surface area contributed by atoms with Gasteiger partial charge in [0.15, 0.2) is 0 Å². The summed E-state index contributed by atoms with van der Waals surface area (Å²) < 4.78 is 117. The van der Waals surface area contributed by atoms with E-state index in [4.69, 9.17) is 0 Å². The molecular formula is C21H13F9OSn. The number of rotatable bonds is 3. The molecule has 1 nitrogen and oxygen atoms in total. The fraction of sp³-hybridized carbons (Fsp3) is 0.143. The zero-order chi connectivity index (χ0) is 23.0. The number of hydrogen-bond acceptors (Lipinski definition) is 1. The zero-order valence-electron chi connectivity index (χ0n) is 15.8. The molecule has 0 aromatic heterocycles. The zero-order valence-corrected chi connectivity index (χ0v) is 18.6. The van der Waals surface area contributed by atoms with Crippen LogP contribution in [0.25, 0.3) is 0 Å². The van der Waals surface area contributed by atoms with Crippen molar-refractivity contribution in [1.82, 2.24) is 0 Å². The van der Waals surface area contributed by atoms with Gasteiger partial charge in [0.05, 0.1) is 0 Å². The van der Waals surface area contributed by atoms with E-state index in [1.807, 2.05) is 0 Å². The molecule has 0 aliphatic heterocycles. The Bertz CT molecular complexity index is 883. The van der Waals surface area contributed by atoms with Crippen LogP contribution in [0.1, 0.15) is 16.7 Å². The van der Waals surface area contributed by atoms with E-state index in [-0.39, 0.29) is 5.48 Å². The minimum atomic E-state index is -4.56. The monoisotopic (exact) mass is 572 g/mol. The number of alkyl halides is 9. The van der Waals surface area contributed by atoms with E-state index in [1.54, 1.807) is 0 Å². The smallest absolute Gasteiger partial charge is 0.870 e. The largest absolute Gasteiger partial charge is 0.870 e. The maximum Gasteiger partial charge on any atom is -0.870 e. The van der Waals surface area contributed by atoms with E-state index < -0.39 is 55.0 Å². The van der Waals surface area contributed by atoms with Crippen molar-refractivity contribution in [3.63, 3.8) is 0 Å². The quantitative estimate of drug-likeness (QED) is 0.319. The van der Waals surface area contributed by atoms with Gasteiger partial charge in [0.2, 0.25) is 0 Å². The Hall–Kier alpha value is -2.21. The minimum Gasteiger partial charge on any atom is -0.870 e. The first-order valence-corrected chi connectivity index (χ1v) is 12.9. The fourth-order valence-corrected chi connectivity index (χ4v) is 10.1. The van der Waals surface area contributed by atoms with Crippen LogP contribution in [0.2, 0.25) is 0 Å². The van der Waals surface area contributed by atoms with Crippen LogP contribution in [-0.2, 0) is 18.5 Å². The Morgan fingerprint density at radius 1 is 0.375 bits per heavy atom. The molecule has 3 rings (SSSR count). The first kappa shape index (κ1) is 26.0. The van der Waals surface area contributed by atoms with Crippen LogP contribution in [0.15, 0.2) is 72.8 Å². The standard InChI is InChI=1S/3C7H4F3.H2O.Sn/c3*8-7(9,10)6-4-2-1-3-5-6;;/h3*2-5H;1H2;/q;;;;+1/p-1. The van der Waals surface area contributed by atoms with Crippen LogP contribution in [-0.4, -0.2) is 25.2 Å². The summed E-state index contributed by atoms with van der Waals surface area (Å²) in [6, 6.07) is 12.6. The van der Waals surface area contributed by atoms with Gasteiger partial charge in [-0.1, -0.05) is 0 Å². The normalized spacial score (nSPS) is 12.3. The molecular weight excluding hydrogens is 558 g/mol. The van der Waals surface area contributed by atoms with Crippen LogP contribution in [0.3, 0.4) is 0 Å². The molecule has 0 saturated heterocycles. The molecule has 0 radical (unpaired) electrons. The molecule has 32 heavy (non-hydrogen) atoms. The molecule has 0 aliphatic rings. The third-order valence-corrected chi connectivity index (χ3v) is 12.3. The second kappa shape index (κ2) is 9.34. The van der Waals surface area contributed by atoms with E-state index in [0.29, 0.717) is 10.7 Å². The summed E-state index contributed by atoms with van der Waals surface area (Å²) in [4.78, 5) is 0. The SMILES string of the molecule is FC(F)(F)c1cc[c]([Sn+]([c]2ccc(C(F)(F)F)cc2)[c]2ccc(C(F)(F)F)cc2)cc1.[OH-]. The van der Waals surface area contributed by atoms with Gasteiger partial charge >= 0.3 is 178 Å². The fourth-order valence-electron chi connectivity index (χ4n) is 2.98. The van der Waals surface area contributed by atoms with Crippen molar-refractivity contribution < 1.29 is 45.0 Å². The minimum absolute atomic E-state index is 0. The predicted molar refractivity (Wildman–Crippen MR) is 101 cm³/mol. The molecule has 0 heterocycles. The third kappa shape index (κ3) is 5.97. The average molecular weight is 571 g/mol. The van der Waals surface area contributed by atoms with Crippen molar-refractivity contribution in [2.24, 2.45) is 0 Å². The topological polar surface area (TPSA) is 30.0 Å². The van der Waals surface area contributed by atoms with Crippen molar-refractivity contribution in [2.45, 2.75) is 18.5 Å². The van der Waals surface area contributed by atoms with Crippen LogP contribution in [0, 0.1) is 0 Å². The maximum absolute atomic E-state index is 12.9. The van der Waals surface area contributed by atoms with Crippen molar-refractivity contribution in [1.29, 1.82) is 0 Å². The summed E-state index contributed by atoms with van der Waals surface area (Å²) in [6.45, 7) is 0.